The lowest BCUT2D eigenvalue weighted by Crippen LogP contribution is -2.46. The number of nitrogens with zero attached hydrogens (tertiary/aromatic N) is 2. The molecular formula is C21H24N4O3S. The van der Waals surface area contributed by atoms with Crippen molar-refractivity contribution in [2.45, 2.75) is 37.6 Å². The SMILES string of the molecule is Cc1ccc(S(=O)(=O)N2CCC(NC(=O)c3n[nH]c4ccc(C)cc34)CC2)cc1. The molecule has 152 valence electrons. The summed E-state index contributed by atoms with van der Waals surface area (Å²) in [5, 5.41) is 10.8. The molecule has 0 radical (unpaired) electrons. The molecule has 4 rings (SSSR count). The van der Waals surface area contributed by atoms with Crippen LogP contribution in [0.5, 0.6) is 0 Å². The molecule has 8 heteroatoms. The summed E-state index contributed by atoms with van der Waals surface area (Å²) >= 11 is 0. The lowest BCUT2D eigenvalue weighted by Gasteiger charge is -2.31. The Morgan fingerprint density at radius 1 is 1.07 bits per heavy atom. The van der Waals surface area contributed by atoms with Crippen molar-refractivity contribution in [2.24, 2.45) is 0 Å². The van der Waals surface area contributed by atoms with Gasteiger partial charge in [-0.3, -0.25) is 9.89 Å². The molecule has 2 N–H and O–H groups in total. The molecule has 1 saturated heterocycles. The minimum absolute atomic E-state index is 0.0801. The quantitative estimate of drug-likeness (QED) is 0.689. The Bertz CT molecular complexity index is 1140. The average Bonchev–Trinajstić information content (AvgIpc) is 3.12. The number of amides is 1. The van der Waals surface area contributed by atoms with Gasteiger partial charge in [0.1, 0.15) is 0 Å². The third-order valence-electron chi connectivity index (χ3n) is 5.38. The number of benzene rings is 2. The molecule has 0 unspecified atom stereocenters. The van der Waals surface area contributed by atoms with Crippen molar-refractivity contribution < 1.29 is 13.2 Å². The number of sulfonamides is 1. The third-order valence-corrected chi connectivity index (χ3v) is 7.29. The van der Waals surface area contributed by atoms with Crippen molar-refractivity contribution in [1.82, 2.24) is 19.8 Å². The minimum Gasteiger partial charge on any atom is -0.348 e. The van der Waals surface area contributed by atoms with Gasteiger partial charge in [0, 0.05) is 24.5 Å². The first-order valence-electron chi connectivity index (χ1n) is 9.67. The van der Waals surface area contributed by atoms with Gasteiger partial charge < -0.3 is 5.32 Å². The van der Waals surface area contributed by atoms with Crippen LogP contribution in [0.25, 0.3) is 10.9 Å². The molecule has 1 aliphatic rings. The topological polar surface area (TPSA) is 95.2 Å². The van der Waals surface area contributed by atoms with E-state index >= 15 is 0 Å². The third kappa shape index (κ3) is 3.90. The number of piperidine rings is 1. The van der Waals surface area contributed by atoms with E-state index in [1.54, 1.807) is 24.3 Å². The predicted molar refractivity (Wildman–Crippen MR) is 111 cm³/mol. The number of hydrogen-bond acceptors (Lipinski definition) is 4. The van der Waals surface area contributed by atoms with Crippen LogP contribution in [0.2, 0.25) is 0 Å². The highest BCUT2D eigenvalue weighted by atomic mass is 32.2. The van der Waals surface area contributed by atoms with Crippen molar-refractivity contribution >= 4 is 26.8 Å². The van der Waals surface area contributed by atoms with E-state index in [4.69, 9.17) is 0 Å². The molecule has 0 atom stereocenters. The molecule has 0 aliphatic carbocycles. The summed E-state index contributed by atoms with van der Waals surface area (Å²) in [5.41, 5.74) is 3.27. The number of aromatic amines is 1. The molecular weight excluding hydrogens is 388 g/mol. The van der Waals surface area contributed by atoms with E-state index in [9.17, 15) is 13.2 Å². The number of rotatable bonds is 4. The molecule has 2 aromatic carbocycles. The number of carbonyl (C=O) groups excluding carboxylic acids is 1. The van der Waals surface area contributed by atoms with Gasteiger partial charge in [-0.1, -0.05) is 29.3 Å². The predicted octanol–water partition coefficient (Wildman–Crippen LogP) is 2.76. The van der Waals surface area contributed by atoms with Gasteiger partial charge >= 0.3 is 0 Å². The van der Waals surface area contributed by atoms with Crippen LogP contribution in [0, 0.1) is 13.8 Å². The number of aromatic nitrogens is 2. The summed E-state index contributed by atoms with van der Waals surface area (Å²) in [4.78, 5) is 13.0. The lowest BCUT2D eigenvalue weighted by atomic mass is 10.1. The molecule has 1 aliphatic heterocycles. The second-order valence-electron chi connectivity index (χ2n) is 7.59. The summed E-state index contributed by atoms with van der Waals surface area (Å²) < 4.78 is 27.1. The molecule has 2 heterocycles. The number of hydrogen-bond donors (Lipinski definition) is 2. The van der Waals surface area contributed by atoms with Gasteiger partial charge in [-0.2, -0.15) is 9.40 Å². The molecule has 0 saturated carbocycles. The fourth-order valence-corrected chi connectivity index (χ4v) is 5.12. The molecule has 1 amide bonds. The number of carbonyl (C=O) groups is 1. The van der Waals surface area contributed by atoms with Crippen molar-refractivity contribution in [3.8, 4) is 0 Å². The summed E-state index contributed by atoms with van der Waals surface area (Å²) in [5.74, 6) is -0.235. The van der Waals surface area contributed by atoms with Crippen molar-refractivity contribution in [3.05, 3.63) is 59.3 Å². The van der Waals surface area contributed by atoms with Gasteiger partial charge in [0.05, 0.1) is 10.4 Å². The van der Waals surface area contributed by atoms with Crippen LogP contribution in [-0.4, -0.2) is 48.0 Å². The van der Waals surface area contributed by atoms with Crippen LogP contribution in [-0.2, 0) is 10.0 Å². The molecule has 7 nitrogen and oxygen atoms in total. The highest BCUT2D eigenvalue weighted by Crippen LogP contribution is 2.22. The summed E-state index contributed by atoms with van der Waals surface area (Å²) in [6.07, 6.45) is 1.14. The highest BCUT2D eigenvalue weighted by molar-refractivity contribution is 7.89. The van der Waals surface area contributed by atoms with Gasteiger partial charge in [0.15, 0.2) is 5.69 Å². The molecule has 0 spiro atoms. The zero-order valence-corrected chi connectivity index (χ0v) is 17.3. The first-order valence-corrected chi connectivity index (χ1v) is 11.1. The zero-order valence-electron chi connectivity index (χ0n) is 16.5. The Hall–Kier alpha value is -2.71. The largest absolute Gasteiger partial charge is 0.348 e. The van der Waals surface area contributed by atoms with E-state index in [1.165, 1.54) is 4.31 Å². The molecule has 3 aromatic rings. The van der Waals surface area contributed by atoms with Crippen LogP contribution in [0.4, 0.5) is 0 Å². The zero-order chi connectivity index (χ0) is 20.6. The van der Waals surface area contributed by atoms with E-state index < -0.39 is 10.0 Å². The van der Waals surface area contributed by atoms with Gasteiger partial charge in [0.2, 0.25) is 10.0 Å². The van der Waals surface area contributed by atoms with Crippen LogP contribution < -0.4 is 5.32 Å². The van der Waals surface area contributed by atoms with Crippen LogP contribution in [0.1, 0.15) is 34.5 Å². The molecule has 1 fully saturated rings. The van der Waals surface area contributed by atoms with E-state index in [0.29, 0.717) is 36.5 Å². The maximum Gasteiger partial charge on any atom is 0.272 e. The van der Waals surface area contributed by atoms with Crippen molar-refractivity contribution in [3.63, 3.8) is 0 Å². The first-order chi connectivity index (χ1) is 13.8. The Kier molecular flexibility index (Phi) is 5.14. The van der Waals surface area contributed by atoms with Crippen molar-refractivity contribution in [2.75, 3.05) is 13.1 Å². The van der Waals surface area contributed by atoms with E-state index in [-0.39, 0.29) is 11.9 Å². The van der Waals surface area contributed by atoms with Gasteiger partial charge in [-0.15, -0.1) is 0 Å². The van der Waals surface area contributed by atoms with Crippen LogP contribution >= 0.6 is 0 Å². The Morgan fingerprint density at radius 2 is 1.72 bits per heavy atom. The number of nitrogens with one attached hydrogen (secondary N) is 2. The fourth-order valence-electron chi connectivity index (χ4n) is 3.65. The smallest absolute Gasteiger partial charge is 0.272 e. The van der Waals surface area contributed by atoms with Crippen LogP contribution in [0.3, 0.4) is 0 Å². The monoisotopic (exact) mass is 412 g/mol. The second kappa shape index (κ2) is 7.61. The normalized spacial score (nSPS) is 16.2. The molecule has 1 aromatic heterocycles. The first kappa shape index (κ1) is 19.6. The molecule has 29 heavy (non-hydrogen) atoms. The Labute approximate surface area is 170 Å². The summed E-state index contributed by atoms with van der Waals surface area (Å²) in [6, 6.07) is 12.6. The summed E-state index contributed by atoms with van der Waals surface area (Å²) in [6.45, 7) is 4.65. The second-order valence-corrected chi connectivity index (χ2v) is 9.52. The number of fused-ring (bicyclic) bond motifs is 1. The van der Waals surface area contributed by atoms with E-state index in [2.05, 4.69) is 15.5 Å². The average molecular weight is 413 g/mol. The van der Waals surface area contributed by atoms with E-state index in [0.717, 1.165) is 22.0 Å². The number of aryl methyl sites for hydroxylation is 2. The van der Waals surface area contributed by atoms with Gasteiger partial charge in [-0.25, -0.2) is 8.42 Å². The van der Waals surface area contributed by atoms with Crippen LogP contribution in [0.15, 0.2) is 47.4 Å². The lowest BCUT2D eigenvalue weighted by molar-refractivity contribution is 0.0920. The number of H-pyrrole nitrogens is 1. The maximum absolute atomic E-state index is 12.8. The van der Waals surface area contributed by atoms with Gasteiger partial charge in [-0.05, 0) is 51.0 Å². The Morgan fingerprint density at radius 3 is 2.41 bits per heavy atom. The standard InChI is InChI=1S/C21H24N4O3S/c1-14-3-6-17(7-4-14)29(27,28)25-11-9-16(10-12-25)22-21(26)20-18-13-15(2)5-8-19(18)23-24-20/h3-8,13,16H,9-12H2,1-2H3,(H,22,26)(H,23,24). The van der Waals surface area contributed by atoms with E-state index in [1.807, 2.05) is 32.0 Å². The fraction of sp³-hybridized carbons (Fsp3) is 0.333. The minimum atomic E-state index is -3.50. The van der Waals surface area contributed by atoms with Crippen molar-refractivity contribution in [1.29, 1.82) is 0 Å². The summed E-state index contributed by atoms with van der Waals surface area (Å²) in [7, 11) is -3.50. The molecule has 0 bridgehead atoms. The maximum atomic E-state index is 12.8. The Balaban J connectivity index is 1.41. The highest BCUT2D eigenvalue weighted by Gasteiger charge is 2.30. The van der Waals surface area contributed by atoms with Gasteiger partial charge in [0.25, 0.3) is 5.91 Å².